The monoisotopic (exact) mass is 734 g/mol. The fraction of sp³-hybridized carbons (Fsp3) is 0. The van der Waals surface area contributed by atoms with Gasteiger partial charge in [0, 0.05) is 24.3 Å². The number of halogens is 2. The predicted molar refractivity (Wildman–Crippen MR) is 162 cm³/mol. The van der Waals surface area contributed by atoms with Gasteiger partial charge in [0.1, 0.15) is 11.6 Å². The van der Waals surface area contributed by atoms with Crippen LogP contribution in [-0.4, -0.2) is 35.8 Å². The Labute approximate surface area is 273 Å². The number of nitrogens with zero attached hydrogens (tertiary/aromatic N) is 2. The molecule has 0 aliphatic carbocycles. The van der Waals surface area contributed by atoms with E-state index >= 15 is 0 Å². The molecule has 0 aliphatic heterocycles. The van der Waals surface area contributed by atoms with Gasteiger partial charge in [0.2, 0.25) is 21.2 Å². The van der Waals surface area contributed by atoms with E-state index in [0.717, 1.165) is 48.5 Å². The Morgan fingerprint density at radius 2 is 0.878 bits per heavy atom. The molecule has 0 saturated carbocycles. The van der Waals surface area contributed by atoms with Gasteiger partial charge in [-0.3, -0.25) is 18.5 Å². The largest absolute Gasteiger partial charge is 0.449 e. The maximum atomic E-state index is 14.1. The van der Waals surface area contributed by atoms with Crippen molar-refractivity contribution in [2.24, 2.45) is 0 Å². The van der Waals surface area contributed by atoms with Gasteiger partial charge in [-0.1, -0.05) is 24.3 Å². The Morgan fingerprint density at radius 1 is 0.531 bits per heavy atom. The topological polar surface area (TPSA) is 226 Å². The molecule has 0 amide bonds. The van der Waals surface area contributed by atoms with Crippen molar-refractivity contribution >= 4 is 41.3 Å². The summed E-state index contributed by atoms with van der Waals surface area (Å²) in [5.74, 6) is -1.81. The first-order valence-corrected chi connectivity index (χ1v) is 17.9. The number of nitrogens with one attached hydrogen (secondary N) is 4. The Hall–Kier alpha value is -5.93. The third-order valence-electron chi connectivity index (χ3n) is 6.77. The van der Waals surface area contributed by atoms with Crippen LogP contribution in [0.3, 0.4) is 0 Å². The molecule has 2 aromatic heterocycles. The third-order valence-corrected chi connectivity index (χ3v) is 11.3. The zero-order chi connectivity index (χ0) is 35.1. The lowest BCUT2D eigenvalue weighted by molar-refractivity contribution is -0.705. The minimum atomic E-state index is -4.71. The number of rotatable bonds is 10. The van der Waals surface area contributed by atoms with Crippen LogP contribution in [-0.2, 0) is 29.9 Å². The summed E-state index contributed by atoms with van der Waals surface area (Å²) in [5.41, 5.74) is -3.61. The van der Waals surface area contributed by atoms with E-state index in [2.05, 4.69) is 19.6 Å². The average molecular weight is 735 g/mol. The Kier molecular flexibility index (Phi) is 8.26. The van der Waals surface area contributed by atoms with Crippen LogP contribution in [0, 0.1) is 11.6 Å². The zero-order valence-corrected chi connectivity index (χ0v) is 26.6. The summed E-state index contributed by atoms with van der Waals surface area (Å²) in [7, 11) is -13.7. The fourth-order valence-corrected chi connectivity index (χ4v) is 8.14. The molecule has 4 N–H and O–H groups in total. The smallest absolute Gasteiger partial charge is 0.281 e. The molecule has 0 aliphatic rings. The molecule has 4 aromatic carbocycles. The summed E-state index contributed by atoms with van der Waals surface area (Å²) in [4.78, 5) is 24.1. The highest BCUT2D eigenvalue weighted by molar-refractivity contribution is 7.93. The van der Waals surface area contributed by atoms with Crippen LogP contribution < -0.4 is 30.1 Å². The Balaban J connectivity index is 1.27. The molecule has 0 fully saturated rings. The van der Waals surface area contributed by atoms with Crippen LogP contribution in [0.1, 0.15) is 0 Å². The number of hydrogen-bond donors (Lipinski definition) is 4. The first-order chi connectivity index (χ1) is 23.2. The molecule has 6 aromatic rings. The van der Waals surface area contributed by atoms with E-state index in [1.165, 1.54) is 48.5 Å². The van der Waals surface area contributed by atoms with Crippen molar-refractivity contribution < 1.29 is 52.4 Å². The quantitative estimate of drug-likeness (QED) is 0.148. The summed E-state index contributed by atoms with van der Waals surface area (Å²) in [6, 6.07) is 18.8. The van der Waals surface area contributed by atoms with Gasteiger partial charge in [-0.25, -0.2) is 26.8 Å². The summed E-state index contributed by atoms with van der Waals surface area (Å²) in [6.45, 7) is 0. The number of H-pyrrole nitrogens is 2. The van der Waals surface area contributed by atoms with Gasteiger partial charge in [-0.15, -0.1) is 0 Å². The highest BCUT2D eigenvalue weighted by Gasteiger charge is 2.39. The van der Waals surface area contributed by atoms with E-state index in [4.69, 9.17) is 0 Å². The standard InChI is InChI=1S/C28H18F2N6O10S3/c29-21-5-1-3-7-23(21)31-48(41,42)25-27(37)45-33-35(25)17-9-13-19(14-10-17)47(39,40)20-15-11-18(12-16-20)36-26(28(38)46-34-36)49(43,44)32-24-8-4-2-6-22(24)30/h1-16,31-32H/p+2. The van der Waals surface area contributed by atoms with E-state index in [9.17, 15) is 43.6 Å². The Bertz CT molecular complexity index is 2490. The lowest BCUT2D eigenvalue weighted by Crippen LogP contribution is -2.42. The fourth-order valence-electron chi connectivity index (χ4n) is 4.49. The lowest BCUT2D eigenvalue weighted by Gasteiger charge is -2.06. The number of sulfone groups is 1. The second-order valence-electron chi connectivity index (χ2n) is 9.90. The lowest BCUT2D eigenvalue weighted by atomic mass is 10.3. The number of sulfonamides is 2. The highest BCUT2D eigenvalue weighted by atomic mass is 32.2. The number of hydrogen-bond acceptors (Lipinski definition) is 10. The molecular formula is C28H20F2N6O10S3+2. The van der Waals surface area contributed by atoms with Crippen LogP contribution in [0.15, 0.2) is 136 Å². The summed E-state index contributed by atoms with van der Waals surface area (Å²) in [5, 5.41) is 2.30. The normalized spacial score (nSPS) is 12.1. The molecule has 0 radical (unpaired) electrons. The number of aromatic amines is 2. The molecule has 0 atom stereocenters. The van der Waals surface area contributed by atoms with Gasteiger partial charge in [0.25, 0.3) is 0 Å². The molecule has 49 heavy (non-hydrogen) atoms. The maximum Gasteiger partial charge on any atom is 0.449 e. The van der Waals surface area contributed by atoms with E-state index in [1.807, 2.05) is 9.44 Å². The van der Waals surface area contributed by atoms with Gasteiger partial charge < -0.3 is 0 Å². The first kappa shape index (κ1) is 33.0. The van der Waals surface area contributed by atoms with Crippen LogP contribution in [0.2, 0.25) is 0 Å². The van der Waals surface area contributed by atoms with Crippen LogP contribution >= 0.6 is 0 Å². The van der Waals surface area contributed by atoms with Crippen molar-refractivity contribution in [3.8, 4) is 11.4 Å². The summed E-state index contributed by atoms with van der Waals surface area (Å²) in [6.07, 6.45) is 0. The van der Waals surface area contributed by atoms with E-state index in [1.54, 1.807) is 0 Å². The summed E-state index contributed by atoms with van der Waals surface area (Å²) < 4.78 is 122. The molecule has 0 bridgehead atoms. The van der Waals surface area contributed by atoms with Gasteiger partial charge in [0.15, 0.2) is 0 Å². The van der Waals surface area contributed by atoms with Crippen molar-refractivity contribution in [1.29, 1.82) is 0 Å². The molecular weight excluding hydrogens is 715 g/mol. The summed E-state index contributed by atoms with van der Waals surface area (Å²) >= 11 is 0. The van der Waals surface area contributed by atoms with E-state index < -0.39 is 74.2 Å². The van der Waals surface area contributed by atoms with Gasteiger partial charge in [-0.2, -0.15) is 16.8 Å². The van der Waals surface area contributed by atoms with Gasteiger partial charge >= 0.3 is 41.3 Å². The van der Waals surface area contributed by atoms with E-state index in [-0.39, 0.29) is 21.2 Å². The SMILES string of the molecule is O=c1o[nH][n+](-c2ccc(S(=O)(=O)c3ccc(-[n+]4[nH]oc(=O)c4S(=O)(=O)Nc4ccccc4F)cc3)cc2)c1S(=O)(=O)Nc1ccccc1F. The number of benzene rings is 4. The van der Waals surface area contributed by atoms with Crippen molar-refractivity contribution in [3.05, 3.63) is 130 Å². The Morgan fingerprint density at radius 3 is 1.22 bits per heavy atom. The van der Waals surface area contributed by atoms with Gasteiger partial charge in [0.05, 0.1) is 21.2 Å². The van der Waals surface area contributed by atoms with Crippen molar-refractivity contribution in [2.45, 2.75) is 19.8 Å². The minimum Gasteiger partial charge on any atom is -0.281 e. The van der Waals surface area contributed by atoms with E-state index in [0.29, 0.717) is 9.36 Å². The molecule has 0 saturated heterocycles. The molecule has 16 nitrogen and oxygen atoms in total. The number of aromatic nitrogens is 4. The van der Waals surface area contributed by atoms with Crippen molar-refractivity contribution in [3.63, 3.8) is 0 Å². The number of para-hydroxylation sites is 2. The predicted octanol–water partition coefficient (Wildman–Crippen LogP) is 1.52. The third kappa shape index (κ3) is 6.24. The molecule has 21 heteroatoms. The zero-order valence-electron chi connectivity index (χ0n) is 24.2. The highest BCUT2D eigenvalue weighted by Crippen LogP contribution is 2.23. The van der Waals surface area contributed by atoms with Crippen molar-refractivity contribution in [2.75, 3.05) is 9.44 Å². The van der Waals surface area contributed by atoms with Crippen molar-refractivity contribution in [1.82, 2.24) is 10.5 Å². The van der Waals surface area contributed by atoms with Crippen LogP contribution in [0.4, 0.5) is 20.2 Å². The van der Waals surface area contributed by atoms with Gasteiger partial charge in [-0.05, 0) is 68.4 Å². The molecule has 2 heterocycles. The number of anilines is 2. The second kappa shape index (κ2) is 12.3. The van der Waals surface area contributed by atoms with Crippen LogP contribution in [0.5, 0.6) is 0 Å². The molecule has 0 spiro atoms. The van der Waals surface area contributed by atoms with Crippen LogP contribution in [0.25, 0.3) is 11.4 Å². The molecule has 6 rings (SSSR count). The second-order valence-corrected chi connectivity index (χ2v) is 15.0. The molecule has 0 unspecified atom stereocenters. The minimum absolute atomic E-state index is 0.0490. The first-order valence-electron chi connectivity index (χ1n) is 13.5. The average Bonchev–Trinajstić information content (AvgIpc) is 3.66. The maximum absolute atomic E-state index is 14.1. The molecule has 252 valence electrons.